The molecule has 0 saturated carbocycles. The number of hydrogen-bond donors (Lipinski definition) is 1. The molecule has 0 aromatic heterocycles. The molecule has 0 fully saturated rings. The molecule has 2 rings (SSSR count). The maximum absolute atomic E-state index is 11.6. The summed E-state index contributed by atoms with van der Waals surface area (Å²) in [5.41, 5.74) is 0.650. The van der Waals surface area contributed by atoms with E-state index in [9.17, 15) is 14.7 Å². The average Bonchev–Trinajstić information content (AvgIpc) is 2.29. The molecule has 3 heteroatoms. The molecule has 3 nitrogen and oxygen atoms in total. The molecular formula is C14H12O3. The Morgan fingerprint density at radius 2 is 1.47 bits per heavy atom. The van der Waals surface area contributed by atoms with E-state index in [1.54, 1.807) is 24.3 Å². The van der Waals surface area contributed by atoms with E-state index in [0.717, 1.165) is 0 Å². The van der Waals surface area contributed by atoms with Crippen LogP contribution in [0.3, 0.4) is 0 Å². The van der Waals surface area contributed by atoms with Crippen LogP contribution in [0, 0.1) is 0 Å². The number of phenols is 1. The van der Waals surface area contributed by atoms with Crippen LogP contribution < -0.4 is 0 Å². The Kier molecular flexibility index (Phi) is 2.68. The number of Topliss-reactive ketones (excluding diaryl/α,β-unsaturated/α-hetero) is 2. The minimum Gasteiger partial charge on any atom is -0.507 e. The van der Waals surface area contributed by atoms with E-state index >= 15 is 0 Å². The Hall–Kier alpha value is -2.16. The van der Waals surface area contributed by atoms with E-state index in [1.807, 2.05) is 0 Å². The van der Waals surface area contributed by atoms with Crippen LogP contribution in [-0.4, -0.2) is 16.7 Å². The fourth-order valence-corrected chi connectivity index (χ4v) is 1.92. The molecule has 0 radical (unpaired) electrons. The lowest BCUT2D eigenvalue weighted by Gasteiger charge is -2.09. The molecule has 0 amide bonds. The second-order valence-corrected chi connectivity index (χ2v) is 3.98. The molecule has 0 aliphatic rings. The van der Waals surface area contributed by atoms with Crippen LogP contribution >= 0.6 is 0 Å². The maximum atomic E-state index is 11.6. The Morgan fingerprint density at radius 3 is 2.00 bits per heavy atom. The number of carbonyl (C=O) groups is 2. The highest BCUT2D eigenvalue weighted by Gasteiger charge is 2.15. The van der Waals surface area contributed by atoms with E-state index < -0.39 is 0 Å². The fourth-order valence-electron chi connectivity index (χ4n) is 1.92. The van der Waals surface area contributed by atoms with Crippen LogP contribution in [0.5, 0.6) is 5.75 Å². The second kappa shape index (κ2) is 4.01. The Morgan fingerprint density at radius 1 is 0.941 bits per heavy atom. The van der Waals surface area contributed by atoms with Gasteiger partial charge in [0, 0.05) is 10.9 Å². The summed E-state index contributed by atoms with van der Waals surface area (Å²) >= 11 is 0. The summed E-state index contributed by atoms with van der Waals surface area (Å²) in [5, 5.41) is 11.2. The van der Waals surface area contributed by atoms with Crippen molar-refractivity contribution in [2.24, 2.45) is 0 Å². The van der Waals surface area contributed by atoms with Gasteiger partial charge in [0.2, 0.25) is 0 Å². The van der Waals surface area contributed by atoms with E-state index in [2.05, 4.69) is 0 Å². The second-order valence-electron chi connectivity index (χ2n) is 3.98. The molecular weight excluding hydrogens is 216 g/mol. The Bertz CT molecular complexity index is 627. The third-order valence-electron chi connectivity index (χ3n) is 2.77. The first-order valence-electron chi connectivity index (χ1n) is 5.29. The average molecular weight is 228 g/mol. The van der Waals surface area contributed by atoms with Crippen molar-refractivity contribution in [3.63, 3.8) is 0 Å². The summed E-state index contributed by atoms with van der Waals surface area (Å²) in [7, 11) is 0. The Balaban J connectivity index is 2.94. The first-order chi connectivity index (χ1) is 8.02. The third kappa shape index (κ3) is 1.80. The number of aromatic hydroxyl groups is 1. The van der Waals surface area contributed by atoms with Crippen molar-refractivity contribution < 1.29 is 14.7 Å². The van der Waals surface area contributed by atoms with Crippen LogP contribution in [0.1, 0.15) is 34.6 Å². The van der Waals surface area contributed by atoms with Gasteiger partial charge in [0.25, 0.3) is 0 Å². The zero-order chi connectivity index (χ0) is 12.6. The molecule has 0 unspecified atom stereocenters. The van der Waals surface area contributed by atoms with E-state index in [1.165, 1.54) is 19.9 Å². The van der Waals surface area contributed by atoms with Crippen molar-refractivity contribution in [2.45, 2.75) is 13.8 Å². The lowest BCUT2D eigenvalue weighted by atomic mass is 9.96. The standard InChI is InChI=1S/C14H12O3/c1-8(15)12-7-13(9(2)16)14(17)11-6-4-3-5-10(11)12/h3-7,17H,1-2H3. The van der Waals surface area contributed by atoms with Crippen molar-refractivity contribution in [1.29, 1.82) is 0 Å². The molecule has 0 saturated heterocycles. The van der Waals surface area contributed by atoms with Crippen LogP contribution in [0.2, 0.25) is 0 Å². The molecule has 0 bridgehead atoms. The highest BCUT2D eigenvalue weighted by molar-refractivity contribution is 6.13. The summed E-state index contributed by atoms with van der Waals surface area (Å²) in [6, 6.07) is 8.47. The fraction of sp³-hybridized carbons (Fsp3) is 0.143. The number of carbonyl (C=O) groups excluding carboxylic acids is 2. The largest absolute Gasteiger partial charge is 0.507 e. The van der Waals surface area contributed by atoms with Gasteiger partial charge in [-0.15, -0.1) is 0 Å². The van der Waals surface area contributed by atoms with Crippen LogP contribution in [0.25, 0.3) is 10.8 Å². The number of phenolic OH excluding ortho intramolecular Hbond substituents is 1. The van der Waals surface area contributed by atoms with Crippen LogP contribution in [0.4, 0.5) is 0 Å². The maximum Gasteiger partial charge on any atom is 0.163 e. The normalized spacial score (nSPS) is 10.5. The molecule has 0 aliphatic heterocycles. The number of fused-ring (bicyclic) bond motifs is 1. The Labute approximate surface area is 98.7 Å². The predicted molar refractivity (Wildman–Crippen MR) is 65.6 cm³/mol. The number of benzene rings is 2. The minimum absolute atomic E-state index is 0.0573. The van der Waals surface area contributed by atoms with Gasteiger partial charge in [-0.25, -0.2) is 0 Å². The summed E-state index contributed by atoms with van der Waals surface area (Å²) in [4.78, 5) is 23.0. The zero-order valence-corrected chi connectivity index (χ0v) is 9.65. The van der Waals surface area contributed by atoms with Gasteiger partial charge in [-0.1, -0.05) is 24.3 Å². The lowest BCUT2D eigenvalue weighted by molar-refractivity contribution is 0.101. The number of hydrogen-bond acceptors (Lipinski definition) is 3. The van der Waals surface area contributed by atoms with Crippen molar-refractivity contribution in [1.82, 2.24) is 0 Å². The molecule has 2 aromatic carbocycles. The first-order valence-corrected chi connectivity index (χ1v) is 5.29. The van der Waals surface area contributed by atoms with E-state index in [0.29, 0.717) is 16.3 Å². The molecule has 0 aliphatic carbocycles. The van der Waals surface area contributed by atoms with Crippen molar-refractivity contribution in [3.05, 3.63) is 41.5 Å². The van der Waals surface area contributed by atoms with Gasteiger partial charge in [-0.2, -0.15) is 0 Å². The highest BCUT2D eigenvalue weighted by atomic mass is 16.3. The van der Waals surface area contributed by atoms with Crippen LogP contribution in [-0.2, 0) is 0 Å². The number of rotatable bonds is 2. The molecule has 0 atom stereocenters. The van der Waals surface area contributed by atoms with Gasteiger partial charge in [0.05, 0.1) is 5.56 Å². The van der Waals surface area contributed by atoms with Gasteiger partial charge in [-0.05, 0) is 25.3 Å². The van der Waals surface area contributed by atoms with Crippen LogP contribution in [0.15, 0.2) is 30.3 Å². The van der Waals surface area contributed by atoms with Gasteiger partial charge in [-0.3, -0.25) is 9.59 Å². The smallest absolute Gasteiger partial charge is 0.163 e. The highest BCUT2D eigenvalue weighted by Crippen LogP contribution is 2.32. The van der Waals surface area contributed by atoms with E-state index in [-0.39, 0.29) is 22.9 Å². The molecule has 17 heavy (non-hydrogen) atoms. The monoisotopic (exact) mass is 228 g/mol. The molecule has 2 aromatic rings. The van der Waals surface area contributed by atoms with Gasteiger partial charge >= 0.3 is 0 Å². The zero-order valence-electron chi connectivity index (χ0n) is 9.65. The lowest BCUT2D eigenvalue weighted by Crippen LogP contribution is -2.00. The molecule has 0 spiro atoms. The van der Waals surface area contributed by atoms with Crippen molar-refractivity contribution >= 4 is 22.3 Å². The van der Waals surface area contributed by atoms with Crippen molar-refractivity contribution in [3.8, 4) is 5.75 Å². The minimum atomic E-state index is -0.254. The molecule has 86 valence electrons. The quantitative estimate of drug-likeness (QED) is 0.804. The van der Waals surface area contributed by atoms with Crippen molar-refractivity contribution in [2.75, 3.05) is 0 Å². The molecule has 1 N–H and O–H groups in total. The third-order valence-corrected chi connectivity index (χ3v) is 2.77. The predicted octanol–water partition coefficient (Wildman–Crippen LogP) is 2.95. The topological polar surface area (TPSA) is 54.4 Å². The summed E-state index contributed by atoms with van der Waals surface area (Å²) in [6.07, 6.45) is 0. The number of ketones is 2. The first kappa shape index (κ1) is 11.3. The SMILES string of the molecule is CC(=O)c1cc(C(C)=O)c2ccccc2c1O. The summed E-state index contributed by atoms with van der Waals surface area (Å²) in [6.45, 7) is 2.82. The van der Waals surface area contributed by atoms with Gasteiger partial charge in [0.15, 0.2) is 11.6 Å². The van der Waals surface area contributed by atoms with E-state index in [4.69, 9.17) is 0 Å². The molecule has 0 heterocycles. The summed E-state index contributed by atoms with van der Waals surface area (Å²) < 4.78 is 0. The van der Waals surface area contributed by atoms with Gasteiger partial charge in [0.1, 0.15) is 5.75 Å². The summed E-state index contributed by atoms with van der Waals surface area (Å²) in [5.74, 6) is -0.433. The van der Waals surface area contributed by atoms with Gasteiger partial charge < -0.3 is 5.11 Å².